The second-order valence-corrected chi connectivity index (χ2v) is 13.0. The number of amides is 3. The maximum absolute atomic E-state index is 14.5. The Morgan fingerprint density at radius 3 is 2.12 bits per heavy atom. The van der Waals surface area contributed by atoms with Crippen LogP contribution in [0.4, 0.5) is 4.79 Å². The minimum Gasteiger partial charge on any atom is -0.444 e. The SMILES string of the molecule is CSCCC(NC(=O)OC(C)(C)C)C(=O)N(C(C)CCC(C)C)C(C(=O)NCc1ccccc1)c1ccc(C)cc1. The average Bonchev–Trinajstić information content (AvgIpc) is 2.91. The van der Waals surface area contributed by atoms with Crippen LogP contribution in [0.3, 0.4) is 0 Å². The second-order valence-electron chi connectivity index (χ2n) is 12.1. The summed E-state index contributed by atoms with van der Waals surface area (Å²) < 4.78 is 5.50. The Morgan fingerprint density at radius 2 is 1.56 bits per heavy atom. The number of nitrogens with zero attached hydrogens (tertiary/aromatic N) is 1. The molecule has 0 fully saturated rings. The lowest BCUT2D eigenvalue weighted by molar-refractivity contribution is -0.145. The van der Waals surface area contributed by atoms with Crippen molar-refractivity contribution in [3.05, 3.63) is 71.3 Å². The van der Waals surface area contributed by atoms with Crippen LogP contribution in [0.2, 0.25) is 0 Å². The largest absolute Gasteiger partial charge is 0.444 e. The van der Waals surface area contributed by atoms with Gasteiger partial charge in [-0.2, -0.15) is 11.8 Å². The number of alkyl carbamates (subject to hydrolysis) is 1. The summed E-state index contributed by atoms with van der Waals surface area (Å²) in [6.07, 6.45) is 3.35. The number of thioether (sulfide) groups is 1. The van der Waals surface area contributed by atoms with Gasteiger partial charge in [-0.05, 0) is 82.9 Å². The smallest absolute Gasteiger partial charge is 0.408 e. The third kappa shape index (κ3) is 11.8. The highest BCUT2D eigenvalue weighted by Crippen LogP contribution is 2.28. The zero-order chi connectivity index (χ0) is 30.6. The van der Waals surface area contributed by atoms with E-state index in [-0.39, 0.29) is 17.9 Å². The van der Waals surface area contributed by atoms with E-state index >= 15 is 0 Å². The molecule has 0 aliphatic heterocycles. The molecule has 8 heteroatoms. The second kappa shape index (κ2) is 16.4. The first-order valence-electron chi connectivity index (χ1n) is 14.5. The lowest BCUT2D eigenvalue weighted by atomic mass is 9.96. The van der Waals surface area contributed by atoms with Gasteiger partial charge in [0.1, 0.15) is 17.7 Å². The van der Waals surface area contributed by atoms with Crippen LogP contribution in [0.25, 0.3) is 0 Å². The zero-order valence-corrected chi connectivity index (χ0v) is 26.8. The van der Waals surface area contributed by atoms with Gasteiger partial charge in [-0.1, -0.05) is 74.0 Å². The van der Waals surface area contributed by atoms with E-state index in [1.165, 1.54) is 0 Å². The summed E-state index contributed by atoms with van der Waals surface area (Å²) in [5, 5.41) is 5.90. The number of benzene rings is 2. The number of nitrogens with one attached hydrogen (secondary N) is 2. The number of ether oxygens (including phenoxy) is 1. The van der Waals surface area contributed by atoms with Crippen LogP contribution in [0, 0.1) is 12.8 Å². The van der Waals surface area contributed by atoms with Gasteiger partial charge < -0.3 is 20.3 Å². The summed E-state index contributed by atoms with van der Waals surface area (Å²) in [5.74, 6) is 0.548. The Kier molecular flexibility index (Phi) is 13.7. The topological polar surface area (TPSA) is 87.7 Å². The predicted octanol–water partition coefficient (Wildman–Crippen LogP) is 6.65. The monoisotopic (exact) mass is 583 g/mol. The molecular formula is C33H49N3O4S. The van der Waals surface area contributed by atoms with Gasteiger partial charge in [-0.25, -0.2) is 4.79 Å². The Bertz CT molecular complexity index is 1100. The maximum Gasteiger partial charge on any atom is 0.408 e. The first-order chi connectivity index (χ1) is 19.3. The molecule has 3 amide bonds. The van der Waals surface area contributed by atoms with Gasteiger partial charge in [0.15, 0.2) is 0 Å². The van der Waals surface area contributed by atoms with Crippen molar-refractivity contribution in [2.24, 2.45) is 5.92 Å². The van der Waals surface area contributed by atoms with Crippen molar-refractivity contribution < 1.29 is 19.1 Å². The van der Waals surface area contributed by atoms with Crippen molar-refractivity contribution in [1.29, 1.82) is 0 Å². The molecular weight excluding hydrogens is 534 g/mol. The van der Waals surface area contributed by atoms with E-state index in [0.29, 0.717) is 24.6 Å². The van der Waals surface area contributed by atoms with Crippen LogP contribution >= 0.6 is 11.8 Å². The lowest BCUT2D eigenvalue weighted by Crippen LogP contribution is -2.55. The van der Waals surface area contributed by atoms with Crippen LogP contribution in [-0.2, 0) is 20.9 Å². The summed E-state index contributed by atoms with van der Waals surface area (Å²) in [7, 11) is 0. The van der Waals surface area contributed by atoms with Crippen molar-refractivity contribution in [1.82, 2.24) is 15.5 Å². The molecule has 3 atom stereocenters. The maximum atomic E-state index is 14.5. The molecule has 41 heavy (non-hydrogen) atoms. The molecule has 0 aliphatic carbocycles. The Balaban J connectivity index is 2.53. The molecule has 0 aromatic heterocycles. The summed E-state index contributed by atoms with van der Waals surface area (Å²) >= 11 is 1.60. The fourth-order valence-electron chi connectivity index (χ4n) is 4.50. The fourth-order valence-corrected chi connectivity index (χ4v) is 4.98. The van der Waals surface area contributed by atoms with Crippen molar-refractivity contribution in [3.8, 4) is 0 Å². The van der Waals surface area contributed by atoms with E-state index in [4.69, 9.17) is 4.74 Å². The number of rotatable bonds is 14. The highest BCUT2D eigenvalue weighted by atomic mass is 32.2. The molecule has 0 heterocycles. The van der Waals surface area contributed by atoms with Crippen LogP contribution in [0.1, 0.15) is 83.5 Å². The van der Waals surface area contributed by atoms with Gasteiger partial charge in [0.05, 0.1) is 0 Å². The van der Waals surface area contributed by atoms with Crippen molar-refractivity contribution >= 4 is 29.7 Å². The number of hydrogen-bond donors (Lipinski definition) is 2. The third-order valence-electron chi connectivity index (χ3n) is 6.72. The third-order valence-corrected chi connectivity index (χ3v) is 7.36. The van der Waals surface area contributed by atoms with Gasteiger partial charge in [0.2, 0.25) is 11.8 Å². The van der Waals surface area contributed by atoms with E-state index in [9.17, 15) is 14.4 Å². The first kappa shape index (κ1) is 34.2. The molecule has 226 valence electrons. The zero-order valence-electron chi connectivity index (χ0n) is 26.0. The minimum atomic E-state index is -0.869. The normalized spacial score (nSPS) is 13.7. The predicted molar refractivity (Wildman–Crippen MR) is 169 cm³/mol. The molecule has 0 saturated carbocycles. The number of carbonyl (C=O) groups excluding carboxylic acids is 3. The standard InChI is InChI=1S/C33H49N3O4S/c1-23(2)14-17-25(4)36(31(38)28(20-21-41-8)35-32(39)40-33(5,6)7)29(27-18-15-24(3)16-19-27)30(37)34-22-26-12-10-9-11-13-26/h9-13,15-16,18-19,23,25,28-29H,14,17,20-22H2,1-8H3,(H,34,37)(H,35,39). The molecule has 0 saturated heterocycles. The van der Waals surface area contributed by atoms with Crippen LogP contribution < -0.4 is 10.6 Å². The summed E-state index contributed by atoms with van der Waals surface area (Å²) in [6, 6.07) is 15.5. The van der Waals surface area contributed by atoms with Crippen LogP contribution in [0.5, 0.6) is 0 Å². The van der Waals surface area contributed by atoms with E-state index in [2.05, 4.69) is 24.5 Å². The molecule has 3 unspecified atom stereocenters. The molecule has 0 radical (unpaired) electrons. The molecule has 2 aromatic carbocycles. The molecule has 0 bridgehead atoms. The molecule has 2 aromatic rings. The van der Waals surface area contributed by atoms with E-state index in [1.54, 1.807) is 37.4 Å². The molecule has 2 rings (SSSR count). The minimum absolute atomic E-state index is 0.254. The van der Waals surface area contributed by atoms with Gasteiger partial charge in [0.25, 0.3) is 0 Å². The van der Waals surface area contributed by atoms with Crippen LogP contribution in [0.15, 0.2) is 54.6 Å². The Hall–Kier alpha value is -3.00. The van der Waals surface area contributed by atoms with E-state index < -0.39 is 23.8 Å². The molecule has 0 spiro atoms. The molecule has 0 aliphatic rings. The highest BCUT2D eigenvalue weighted by molar-refractivity contribution is 7.98. The van der Waals surface area contributed by atoms with Gasteiger partial charge in [-0.15, -0.1) is 0 Å². The van der Waals surface area contributed by atoms with Gasteiger partial charge in [0, 0.05) is 12.6 Å². The highest BCUT2D eigenvalue weighted by Gasteiger charge is 2.38. The fraction of sp³-hybridized carbons (Fsp3) is 0.545. The molecule has 7 nitrogen and oxygen atoms in total. The molecule has 2 N–H and O–H groups in total. The van der Waals surface area contributed by atoms with Crippen molar-refractivity contribution in [3.63, 3.8) is 0 Å². The number of hydrogen-bond acceptors (Lipinski definition) is 5. The summed E-state index contributed by atoms with van der Waals surface area (Å²) in [6.45, 7) is 14.0. The Labute approximate surface area is 251 Å². The van der Waals surface area contributed by atoms with Gasteiger partial charge in [-0.3, -0.25) is 9.59 Å². The van der Waals surface area contributed by atoms with Crippen LogP contribution in [-0.4, -0.2) is 52.5 Å². The number of carbonyl (C=O) groups is 3. The quantitative estimate of drug-likeness (QED) is 0.260. The van der Waals surface area contributed by atoms with Crippen molar-refractivity contribution in [2.75, 3.05) is 12.0 Å². The lowest BCUT2D eigenvalue weighted by Gasteiger charge is -2.39. The van der Waals surface area contributed by atoms with Gasteiger partial charge >= 0.3 is 6.09 Å². The number of aryl methyl sites for hydroxylation is 1. The van der Waals surface area contributed by atoms with Crippen molar-refractivity contribution in [2.45, 2.75) is 98.0 Å². The van der Waals surface area contributed by atoms with E-state index in [0.717, 1.165) is 29.5 Å². The first-order valence-corrected chi connectivity index (χ1v) is 15.9. The summed E-state index contributed by atoms with van der Waals surface area (Å²) in [5.41, 5.74) is 2.06. The van der Waals surface area contributed by atoms with E-state index in [1.807, 2.05) is 74.7 Å². The summed E-state index contributed by atoms with van der Waals surface area (Å²) in [4.78, 5) is 43.0. The average molecular weight is 584 g/mol. The Morgan fingerprint density at radius 1 is 0.927 bits per heavy atom.